The molecule has 17 heavy (non-hydrogen) atoms. The number of rotatable bonds is 3. The monoisotopic (exact) mass is 230 g/mol. The van der Waals surface area contributed by atoms with Crippen molar-refractivity contribution in [3.8, 4) is 0 Å². The SMILES string of the molecule is CCOC(=O)C[C@@]12CCc3ccccc3[C@H]1C2. The third-order valence-corrected chi connectivity index (χ3v) is 4.31. The Hall–Kier alpha value is -1.31. The van der Waals surface area contributed by atoms with Crippen molar-refractivity contribution in [1.29, 1.82) is 0 Å². The lowest BCUT2D eigenvalue weighted by molar-refractivity contribution is -0.144. The zero-order chi connectivity index (χ0) is 11.9. The molecule has 2 aliphatic carbocycles. The molecule has 90 valence electrons. The molecule has 0 N–H and O–H groups in total. The lowest BCUT2D eigenvalue weighted by atomic mass is 9.82. The highest BCUT2D eigenvalue weighted by atomic mass is 16.5. The van der Waals surface area contributed by atoms with E-state index < -0.39 is 0 Å². The van der Waals surface area contributed by atoms with Gasteiger partial charge in [-0.15, -0.1) is 0 Å². The molecule has 2 atom stereocenters. The van der Waals surface area contributed by atoms with Gasteiger partial charge in [0.25, 0.3) is 0 Å². The van der Waals surface area contributed by atoms with Gasteiger partial charge in [0.2, 0.25) is 0 Å². The summed E-state index contributed by atoms with van der Waals surface area (Å²) >= 11 is 0. The van der Waals surface area contributed by atoms with Crippen LogP contribution in [0.3, 0.4) is 0 Å². The fourth-order valence-corrected chi connectivity index (χ4v) is 3.33. The van der Waals surface area contributed by atoms with Crippen LogP contribution >= 0.6 is 0 Å². The van der Waals surface area contributed by atoms with E-state index in [9.17, 15) is 4.79 Å². The minimum absolute atomic E-state index is 0.0191. The zero-order valence-corrected chi connectivity index (χ0v) is 10.2. The largest absolute Gasteiger partial charge is 0.466 e. The summed E-state index contributed by atoms with van der Waals surface area (Å²) in [5.41, 5.74) is 3.19. The van der Waals surface area contributed by atoms with Crippen molar-refractivity contribution >= 4 is 5.97 Å². The van der Waals surface area contributed by atoms with E-state index in [1.807, 2.05) is 6.92 Å². The summed E-state index contributed by atoms with van der Waals surface area (Å²) in [6, 6.07) is 8.67. The molecule has 2 heteroatoms. The van der Waals surface area contributed by atoms with Gasteiger partial charge in [0.15, 0.2) is 0 Å². The summed E-state index contributed by atoms with van der Waals surface area (Å²) in [6.45, 7) is 2.37. The van der Waals surface area contributed by atoms with Crippen LogP contribution in [0.4, 0.5) is 0 Å². The van der Waals surface area contributed by atoms with Gasteiger partial charge in [0.05, 0.1) is 13.0 Å². The van der Waals surface area contributed by atoms with Crippen LogP contribution in [0.15, 0.2) is 24.3 Å². The maximum Gasteiger partial charge on any atom is 0.306 e. The molecule has 2 nitrogen and oxygen atoms in total. The van der Waals surface area contributed by atoms with Crippen molar-refractivity contribution < 1.29 is 9.53 Å². The van der Waals surface area contributed by atoms with E-state index in [-0.39, 0.29) is 11.4 Å². The Labute approximate surface area is 102 Å². The molecule has 0 aliphatic heterocycles. The number of fused-ring (bicyclic) bond motifs is 3. The van der Waals surface area contributed by atoms with Crippen LogP contribution in [-0.4, -0.2) is 12.6 Å². The van der Waals surface area contributed by atoms with Gasteiger partial charge in [0, 0.05) is 0 Å². The smallest absolute Gasteiger partial charge is 0.306 e. The first-order valence-electron chi connectivity index (χ1n) is 6.48. The van der Waals surface area contributed by atoms with Crippen LogP contribution in [0, 0.1) is 5.41 Å². The second kappa shape index (κ2) is 3.86. The Balaban J connectivity index is 1.77. The van der Waals surface area contributed by atoms with Crippen LogP contribution in [0.2, 0.25) is 0 Å². The van der Waals surface area contributed by atoms with E-state index in [0.29, 0.717) is 18.9 Å². The summed E-state index contributed by atoms with van der Waals surface area (Å²) in [5.74, 6) is 0.589. The summed E-state index contributed by atoms with van der Waals surface area (Å²) in [6.07, 6.45) is 4.04. The number of hydrogen-bond acceptors (Lipinski definition) is 2. The van der Waals surface area contributed by atoms with E-state index in [0.717, 1.165) is 12.8 Å². The summed E-state index contributed by atoms with van der Waals surface area (Å²) in [4.78, 5) is 11.6. The van der Waals surface area contributed by atoms with E-state index in [1.54, 1.807) is 0 Å². The molecule has 0 amide bonds. The maximum absolute atomic E-state index is 11.6. The van der Waals surface area contributed by atoms with Gasteiger partial charge < -0.3 is 4.74 Å². The molecule has 1 aromatic carbocycles. The third kappa shape index (κ3) is 1.76. The maximum atomic E-state index is 11.6. The molecule has 0 bridgehead atoms. The molecular formula is C15H18O2. The van der Waals surface area contributed by atoms with Crippen molar-refractivity contribution in [3.63, 3.8) is 0 Å². The Kier molecular flexibility index (Phi) is 2.46. The van der Waals surface area contributed by atoms with E-state index in [4.69, 9.17) is 4.74 Å². The van der Waals surface area contributed by atoms with Crippen LogP contribution in [-0.2, 0) is 16.0 Å². The van der Waals surface area contributed by atoms with Crippen molar-refractivity contribution in [2.45, 2.75) is 38.5 Å². The van der Waals surface area contributed by atoms with Gasteiger partial charge >= 0.3 is 5.97 Å². The number of carbonyl (C=O) groups is 1. The van der Waals surface area contributed by atoms with Gasteiger partial charge in [-0.1, -0.05) is 24.3 Å². The molecule has 2 aliphatic rings. The fraction of sp³-hybridized carbons (Fsp3) is 0.533. The number of carbonyl (C=O) groups excluding carboxylic acids is 1. The van der Waals surface area contributed by atoms with Gasteiger partial charge in [0.1, 0.15) is 0 Å². The van der Waals surface area contributed by atoms with Gasteiger partial charge in [-0.3, -0.25) is 4.79 Å². The Morgan fingerprint density at radius 1 is 1.47 bits per heavy atom. The molecule has 0 spiro atoms. The first-order chi connectivity index (χ1) is 8.25. The highest BCUT2D eigenvalue weighted by molar-refractivity contribution is 5.71. The first kappa shape index (κ1) is 10.8. The average Bonchev–Trinajstić information content (AvgIpc) is 3.04. The number of ether oxygens (including phenoxy) is 1. The highest BCUT2D eigenvalue weighted by Crippen LogP contribution is 2.67. The molecule has 0 unspecified atom stereocenters. The predicted octanol–water partition coefficient (Wildman–Crippen LogP) is 3.06. The summed E-state index contributed by atoms with van der Waals surface area (Å²) < 4.78 is 5.09. The Morgan fingerprint density at radius 2 is 2.29 bits per heavy atom. The van der Waals surface area contributed by atoms with Gasteiger partial charge in [-0.05, 0) is 48.6 Å². The summed E-state index contributed by atoms with van der Waals surface area (Å²) in [5, 5.41) is 0. The molecule has 0 saturated heterocycles. The van der Waals surface area contributed by atoms with E-state index in [1.165, 1.54) is 17.5 Å². The predicted molar refractivity (Wildman–Crippen MR) is 65.8 cm³/mol. The number of aryl methyl sites for hydroxylation is 1. The quantitative estimate of drug-likeness (QED) is 0.746. The van der Waals surface area contributed by atoms with Crippen molar-refractivity contribution in [1.82, 2.24) is 0 Å². The third-order valence-electron chi connectivity index (χ3n) is 4.31. The van der Waals surface area contributed by atoms with Crippen LogP contribution in [0.25, 0.3) is 0 Å². The Morgan fingerprint density at radius 3 is 3.12 bits per heavy atom. The number of benzene rings is 1. The number of esters is 1. The molecular weight excluding hydrogens is 212 g/mol. The van der Waals surface area contributed by atoms with Crippen LogP contribution in [0.1, 0.15) is 43.2 Å². The second-order valence-corrected chi connectivity index (χ2v) is 5.30. The minimum Gasteiger partial charge on any atom is -0.466 e. The standard InChI is InChI=1S/C15H18O2/c1-2-17-14(16)10-15-8-7-11-5-3-4-6-12(11)13(15)9-15/h3-6,13H,2,7-10H2,1H3/t13-,15+/m1/s1. The normalized spacial score (nSPS) is 29.1. The highest BCUT2D eigenvalue weighted by Gasteiger charge is 2.57. The molecule has 1 fully saturated rings. The topological polar surface area (TPSA) is 26.3 Å². The minimum atomic E-state index is -0.0191. The fourth-order valence-electron chi connectivity index (χ4n) is 3.33. The molecule has 0 aromatic heterocycles. The molecule has 1 saturated carbocycles. The molecule has 3 rings (SSSR count). The zero-order valence-electron chi connectivity index (χ0n) is 10.2. The van der Waals surface area contributed by atoms with Crippen LogP contribution < -0.4 is 0 Å². The molecule has 0 radical (unpaired) electrons. The van der Waals surface area contributed by atoms with Gasteiger partial charge in [-0.25, -0.2) is 0 Å². The number of hydrogen-bond donors (Lipinski definition) is 0. The van der Waals surface area contributed by atoms with Crippen molar-refractivity contribution in [2.75, 3.05) is 6.61 Å². The van der Waals surface area contributed by atoms with E-state index >= 15 is 0 Å². The lowest BCUT2D eigenvalue weighted by Gasteiger charge is -2.23. The average molecular weight is 230 g/mol. The lowest BCUT2D eigenvalue weighted by Crippen LogP contribution is -2.18. The first-order valence-corrected chi connectivity index (χ1v) is 6.48. The molecule has 0 heterocycles. The Bertz CT molecular complexity index is 452. The van der Waals surface area contributed by atoms with E-state index in [2.05, 4.69) is 24.3 Å². The van der Waals surface area contributed by atoms with Gasteiger partial charge in [-0.2, -0.15) is 0 Å². The van der Waals surface area contributed by atoms with Crippen molar-refractivity contribution in [2.24, 2.45) is 5.41 Å². The molecule has 1 aromatic rings. The summed E-state index contributed by atoms with van der Waals surface area (Å²) in [7, 11) is 0. The second-order valence-electron chi connectivity index (χ2n) is 5.30. The van der Waals surface area contributed by atoms with Crippen molar-refractivity contribution in [3.05, 3.63) is 35.4 Å². The van der Waals surface area contributed by atoms with Crippen LogP contribution in [0.5, 0.6) is 0 Å².